The van der Waals surface area contributed by atoms with Crippen LogP contribution >= 0.6 is 0 Å². The number of hydrogen-bond donors (Lipinski definition) is 1. The van der Waals surface area contributed by atoms with Gasteiger partial charge in [0.15, 0.2) is 0 Å². The minimum atomic E-state index is 0.286. The quantitative estimate of drug-likeness (QED) is 0.828. The van der Waals surface area contributed by atoms with Crippen LogP contribution < -0.4 is 5.73 Å². The molecule has 0 bridgehead atoms. The van der Waals surface area contributed by atoms with E-state index < -0.39 is 0 Å². The zero-order valence-electron chi connectivity index (χ0n) is 10.6. The fraction of sp³-hybridized carbons (Fsp3) is 0.625. The van der Waals surface area contributed by atoms with Crippen molar-refractivity contribution in [2.24, 2.45) is 11.7 Å². The fourth-order valence-corrected chi connectivity index (χ4v) is 3.48. The highest BCUT2D eigenvalue weighted by molar-refractivity contribution is 5.34. The Morgan fingerprint density at radius 1 is 0.941 bits per heavy atom. The fourth-order valence-electron chi connectivity index (χ4n) is 3.48. The summed E-state index contributed by atoms with van der Waals surface area (Å²) in [7, 11) is 0. The molecule has 2 aliphatic rings. The van der Waals surface area contributed by atoms with Crippen LogP contribution in [0.3, 0.4) is 0 Å². The minimum Gasteiger partial charge on any atom is -0.324 e. The van der Waals surface area contributed by atoms with Gasteiger partial charge in [-0.1, -0.05) is 43.5 Å². The van der Waals surface area contributed by atoms with Gasteiger partial charge in [-0.2, -0.15) is 0 Å². The molecule has 1 atom stereocenters. The molecule has 2 N–H and O–H groups in total. The van der Waals surface area contributed by atoms with Crippen molar-refractivity contribution < 1.29 is 0 Å². The molecule has 1 aromatic rings. The summed E-state index contributed by atoms with van der Waals surface area (Å²) in [5.74, 6) is 1.54. The Bertz CT molecular complexity index is 375. The Balaban J connectivity index is 1.84. The third kappa shape index (κ3) is 2.13. The molecule has 1 aromatic carbocycles. The molecule has 2 aliphatic carbocycles. The molecular formula is C16H23N. The van der Waals surface area contributed by atoms with E-state index >= 15 is 0 Å². The SMILES string of the molecule is NC(c1ccccc1C1CCC1)C1CCCC1. The summed E-state index contributed by atoms with van der Waals surface area (Å²) >= 11 is 0. The molecule has 0 aliphatic heterocycles. The lowest BCUT2D eigenvalue weighted by Crippen LogP contribution is -2.22. The number of rotatable bonds is 3. The van der Waals surface area contributed by atoms with Crippen LogP contribution in [-0.4, -0.2) is 0 Å². The summed E-state index contributed by atoms with van der Waals surface area (Å²) in [6.45, 7) is 0. The molecule has 3 rings (SSSR count). The predicted octanol–water partition coefficient (Wildman–Crippen LogP) is 4.14. The normalized spacial score (nSPS) is 23.6. The molecule has 2 saturated carbocycles. The molecule has 0 aromatic heterocycles. The van der Waals surface area contributed by atoms with Crippen molar-refractivity contribution in [1.82, 2.24) is 0 Å². The summed E-state index contributed by atoms with van der Waals surface area (Å²) in [4.78, 5) is 0. The van der Waals surface area contributed by atoms with E-state index in [4.69, 9.17) is 5.73 Å². The molecule has 2 fully saturated rings. The molecule has 0 radical (unpaired) electrons. The summed E-state index contributed by atoms with van der Waals surface area (Å²) < 4.78 is 0. The highest BCUT2D eigenvalue weighted by Crippen LogP contribution is 2.42. The summed E-state index contributed by atoms with van der Waals surface area (Å²) in [5, 5.41) is 0. The van der Waals surface area contributed by atoms with Gasteiger partial charge in [0.25, 0.3) is 0 Å². The van der Waals surface area contributed by atoms with E-state index in [0.717, 1.165) is 11.8 Å². The first-order valence-corrected chi connectivity index (χ1v) is 7.20. The molecule has 0 saturated heterocycles. The zero-order chi connectivity index (χ0) is 11.7. The third-order valence-corrected chi connectivity index (χ3v) is 4.81. The van der Waals surface area contributed by atoms with Crippen molar-refractivity contribution in [3.8, 4) is 0 Å². The second kappa shape index (κ2) is 4.81. The van der Waals surface area contributed by atoms with Gasteiger partial charge in [0.05, 0.1) is 0 Å². The summed E-state index contributed by atoms with van der Waals surface area (Å²) in [6.07, 6.45) is 9.56. The van der Waals surface area contributed by atoms with Gasteiger partial charge < -0.3 is 5.73 Å². The Labute approximate surface area is 104 Å². The van der Waals surface area contributed by atoms with Crippen LogP contribution in [0.4, 0.5) is 0 Å². The molecule has 0 amide bonds. The Morgan fingerprint density at radius 3 is 2.29 bits per heavy atom. The largest absolute Gasteiger partial charge is 0.324 e. The third-order valence-electron chi connectivity index (χ3n) is 4.81. The first-order chi connectivity index (χ1) is 8.36. The van der Waals surface area contributed by atoms with Crippen LogP contribution in [0.5, 0.6) is 0 Å². The van der Waals surface area contributed by atoms with E-state index in [0.29, 0.717) is 0 Å². The average Bonchev–Trinajstić information content (AvgIpc) is 2.80. The second-order valence-electron chi connectivity index (χ2n) is 5.83. The van der Waals surface area contributed by atoms with E-state index in [1.165, 1.54) is 50.5 Å². The van der Waals surface area contributed by atoms with E-state index in [9.17, 15) is 0 Å². The van der Waals surface area contributed by atoms with Gasteiger partial charge in [0.1, 0.15) is 0 Å². The zero-order valence-corrected chi connectivity index (χ0v) is 10.6. The summed E-state index contributed by atoms with van der Waals surface area (Å²) in [6, 6.07) is 9.21. The molecule has 17 heavy (non-hydrogen) atoms. The maximum Gasteiger partial charge on any atom is 0.0326 e. The van der Waals surface area contributed by atoms with Gasteiger partial charge in [-0.05, 0) is 48.6 Å². The van der Waals surface area contributed by atoms with E-state index in [2.05, 4.69) is 24.3 Å². The van der Waals surface area contributed by atoms with Crippen molar-refractivity contribution in [2.45, 2.75) is 56.9 Å². The van der Waals surface area contributed by atoms with Crippen LogP contribution in [0.1, 0.15) is 68.0 Å². The number of nitrogens with two attached hydrogens (primary N) is 1. The van der Waals surface area contributed by atoms with Gasteiger partial charge in [0.2, 0.25) is 0 Å². The summed E-state index contributed by atoms with van der Waals surface area (Å²) in [5.41, 5.74) is 9.52. The van der Waals surface area contributed by atoms with Gasteiger partial charge in [-0.3, -0.25) is 0 Å². The smallest absolute Gasteiger partial charge is 0.0326 e. The first-order valence-electron chi connectivity index (χ1n) is 7.20. The lowest BCUT2D eigenvalue weighted by Gasteiger charge is -2.31. The van der Waals surface area contributed by atoms with Gasteiger partial charge in [-0.25, -0.2) is 0 Å². The molecule has 0 heterocycles. The van der Waals surface area contributed by atoms with Crippen molar-refractivity contribution in [2.75, 3.05) is 0 Å². The number of benzene rings is 1. The molecule has 0 spiro atoms. The molecule has 1 heteroatoms. The van der Waals surface area contributed by atoms with E-state index in [-0.39, 0.29) is 6.04 Å². The maximum atomic E-state index is 6.52. The van der Waals surface area contributed by atoms with Crippen LogP contribution in [0.15, 0.2) is 24.3 Å². The van der Waals surface area contributed by atoms with Crippen molar-refractivity contribution in [3.05, 3.63) is 35.4 Å². The standard InChI is InChI=1S/C16H23N/c17-16(13-6-1-2-7-13)15-11-4-3-10-14(15)12-8-5-9-12/h3-4,10-13,16H,1-2,5-9,17H2. The van der Waals surface area contributed by atoms with Crippen LogP contribution in [0.25, 0.3) is 0 Å². The lowest BCUT2D eigenvalue weighted by atomic mass is 9.76. The highest BCUT2D eigenvalue weighted by Gasteiger charge is 2.28. The van der Waals surface area contributed by atoms with Crippen molar-refractivity contribution >= 4 is 0 Å². The number of hydrogen-bond acceptors (Lipinski definition) is 1. The van der Waals surface area contributed by atoms with E-state index in [1.807, 2.05) is 0 Å². The lowest BCUT2D eigenvalue weighted by molar-refractivity contribution is 0.400. The van der Waals surface area contributed by atoms with Crippen LogP contribution in [0, 0.1) is 5.92 Å². The maximum absolute atomic E-state index is 6.52. The highest BCUT2D eigenvalue weighted by atomic mass is 14.7. The monoisotopic (exact) mass is 229 g/mol. The second-order valence-corrected chi connectivity index (χ2v) is 5.83. The van der Waals surface area contributed by atoms with Crippen molar-refractivity contribution in [1.29, 1.82) is 0 Å². The Hall–Kier alpha value is -0.820. The van der Waals surface area contributed by atoms with Crippen LogP contribution in [0.2, 0.25) is 0 Å². The molecule has 1 nitrogen and oxygen atoms in total. The van der Waals surface area contributed by atoms with Crippen molar-refractivity contribution in [3.63, 3.8) is 0 Å². The Morgan fingerprint density at radius 2 is 1.65 bits per heavy atom. The average molecular weight is 229 g/mol. The molecule has 1 unspecified atom stereocenters. The van der Waals surface area contributed by atoms with E-state index in [1.54, 1.807) is 5.56 Å². The van der Waals surface area contributed by atoms with Gasteiger partial charge in [-0.15, -0.1) is 0 Å². The molecule has 92 valence electrons. The predicted molar refractivity (Wildman–Crippen MR) is 71.9 cm³/mol. The molecular weight excluding hydrogens is 206 g/mol. The first kappa shape index (κ1) is 11.3. The van der Waals surface area contributed by atoms with Gasteiger partial charge >= 0.3 is 0 Å². The Kier molecular flexibility index (Phi) is 3.19. The topological polar surface area (TPSA) is 26.0 Å². The minimum absolute atomic E-state index is 0.286. The van der Waals surface area contributed by atoms with Crippen LogP contribution in [-0.2, 0) is 0 Å². The van der Waals surface area contributed by atoms with Gasteiger partial charge in [0, 0.05) is 6.04 Å².